The van der Waals surface area contributed by atoms with Crippen LogP contribution in [0.25, 0.3) is 22.3 Å². The topological polar surface area (TPSA) is 263 Å². The number of piperazine rings is 1. The SMILES string of the molecule is COc1c(CN2O[C@@H](CO)[C@@H]([C@H](C)OC(=O)Nc3ccccc3)[C@H]2C(=O)N[C@H]2C[C@H]3C[C@@H]([C@@H]2C)C3(C)C)cccc1-c1cc(C(=O)N[C@@H](Cc2ccccc2)CN(C)C)cc(N(C)C)c1.COc1c(CN2O[C@@H](CO)[C@H]([C@H](C)O)[C@H]2C(=O)NC2C[C@H]3C[C@@H]([C@@H]2C)C3(C)C)cccc1-c1cc(C(=O)N2CCN(C)C(c3ccccc3)C2)cc(N(C)C)c1. The van der Waals surface area contributed by atoms with Gasteiger partial charge in [-0.2, -0.15) is 10.1 Å². The van der Waals surface area contributed by atoms with Gasteiger partial charge < -0.3 is 65.1 Å². The number of aliphatic hydroxyl groups is 3. The molecule has 7 N–H and O–H groups in total. The maximum Gasteiger partial charge on any atom is 0.411 e. The second-order valence-electron chi connectivity index (χ2n) is 36.9. The molecule has 6 saturated carbocycles. The third-order valence-electron chi connectivity index (χ3n) is 28.0. The number of hydroxylamine groups is 4. The predicted octanol–water partition coefficient (Wildman–Crippen LogP) is 12.5. The Bertz CT molecular complexity index is 4740. The number of amides is 5. The second-order valence-corrected chi connectivity index (χ2v) is 36.9. The number of fused-ring (bicyclic) bond motifs is 4. The van der Waals surface area contributed by atoms with Crippen LogP contribution in [0.2, 0.25) is 0 Å². The number of benzene rings is 7. The Morgan fingerprint density at radius 3 is 1.54 bits per heavy atom. The molecule has 3 aliphatic heterocycles. The van der Waals surface area contributed by atoms with E-state index in [2.05, 4.69) is 110 Å². The number of carbonyl (C=O) groups is 5. The van der Waals surface area contributed by atoms with Crippen LogP contribution in [0, 0.1) is 58.2 Å². The Morgan fingerprint density at radius 2 is 1.07 bits per heavy atom. The molecule has 4 bridgehead atoms. The highest BCUT2D eigenvalue weighted by Crippen LogP contribution is 2.62. The predicted molar refractivity (Wildman–Crippen MR) is 473 cm³/mol. The molecular formula is C97H129N11O13. The summed E-state index contributed by atoms with van der Waals surface area (Å²) >= 11 is 0. The van der Waals surface area contributed by atoms with Crippen molar-refractivity contribution in [1.82, 2.24) is 40.8 Å². The van der Waals surface area contributed by atoms with Crippen molar-refractivity contribution >= 4 is 46.8 Å². The van der Waals surface area contributed by atoms with Crippen LogP contribution in [0.15, 0.2) is 164 Å². The minimum Gasteiger partial charge on any atom is -0.496 e. The minimum atomic E-state index is -0.933. The molecule has 0 spiro atoms. The molecule has 650 valence electrons. The van der Waals surface area contributed by atoms with Crippen molar-refractivity contribution in [3.8, 4) is 33.8 Å². The van der Waals surface area contributed by atoms with E-state index in [4.69, 9.17) is 23.9 Å². The molecular weight excluding hydrogens is 1530 g/mol. The molecule has 0 radical (unpaired) electrons. The van der Waals surface area contributed by atoms with E-state index in [9.17, 15) is 39.3 Å². The number of nitrogens with one attached hydrogen (secondary N) is 4. The van der Waals surface area contributed by atoms with Crippen molar-refractivity contribution in [1.29, 1.82) is 0 Å². The number of carbonyl (C=O) groups excluding carboxylic acids is 5. The van der Waals surface area contributed by atoms with E-state index in [-0.39, 0.29) is 84.2 Å². The lowest BCUT2D eigenvalue weighted by atomic mass is 9.45. The van der Waals surface area contributed by atoms with Gasteiger partial charge in [0.15, 0.2) is 0 Å². The summed E-state index contributed by atoms with van der Waals surface area (Å²) in [4.78, 5) is 94.0. The van der Waals surface area contributed by atoms with Crippen molar-refractivity contribution in [2.45, 2.75) is 161 Å². The lowest BCUT2D eigenvalue weighted by Crippen LogP contribution is -2.62. The number of likely N-dealkylation sites (N-methyl/N-ethyl adjacent to an activating group) is 2. The molecule has 24 heteroatoms. The van der Waals surface area contributed by atoms with E-state index in [1.807, 2.05) is 178 Å². The molecule has 6 aliphatic carbocycles. The fraction of sp³-hybridized carbons (Fsp3) is 0.515. The van der Waals surface area contributed by atoms with E-state index in [0.29, 0.717) is 84.0 Å². The Labute approximate surface area is 715 Å². The summed E-state index contributed by atoms with van der Waals surface area (Å²) in [6, 6.07) is 51.1. The number of aliphatic hydroxyl groups excluding tert-OH is 3. The second kappa shape index (κ2) is 38.1. The van der Waals surface area contributed by atoms with Crippen LogP contribution in [0.1, 0.15) is 130 Å². The molecule has 0 aromatic heterocycles. The van der Waals surface area contributed by atoms with Crippen molar-refractivity contribution in [2.75, 3.05) is 118 Å². The van der Waals surface area contributed by atoms with Crippen LogP contribution < -0.4 is 40.5 Å². The maximum absolute atomic E-state index is 14.8. The van der Waals surface area contributed by atoms with Gasteiger partial charge in [-0.3, -0.25) is 39.1 Å². The van der Waals surface area contributed by atoms with Gasteiger partial charge in [-0.05, 0) is 184 Å². The number of ether oxygens (including phenoxy) is 3. The summed E-state index contributed by atoms with van der Waals surface area (Å²) in [5.41, 5.74) is 10.9. The smallest absolute Gasteiger partial charge is 0.411 e. The first kappa shape index (κ1) is 89.3. The van der Waals surface area contributed by atoms with Gasteiger partial charge in [-0.1, -0.05) is 157 Å². The summed E-state index contributed by atoms with van der Waals surface area (Å²) in [7, 11) is 17.2. The van der Waals surface area contributed by atoms with E-state index in [0.717, 1.165) is 69.7 Å². The minimum absolute atomic E-state index is 0.0224. The van der Waals surface area contributed by atoms with Crippen LogP contribution in [-0.4, -0.2) is 227 Å². The average Bonchev–Trinajstić information content (AvgIpc) is 1.03. The van der Waals surface area contributed by atoms with Gasteiger partial charge in [0.1, 0.15) is 41.9 Å². The summed E-state index contributed by atoms with van der Waals surface area (Å²) in [5, 5.41) is 48.3. The Morgan fingerprint density at radius 1 is 0.587 bits per heavy atom. The number of anilines is 3. The van der Waals surface area contributed by atoms with E-state index in [1.165, 1.54) is 18.4 Å². The highest BCUT2D eigenvalue weighted by atomic mass is 16.7. The number of rotatable bonds is 28. The third-order valence-corrected chi connectivity index (χ3v) is 28.0. The van der Waals surface area contributed by atoms with Crippen molar-refractivity contribution in [2.24, 2.45) is 58.2 Å². The Hall–Kier alpha value is -9.47. The zero-order valence-electron chi connectivity index (χ0n) is 73.7. The first-order valence-corrected chi connectivity index (χ1v) is 43.2. The van der Waals surface area contributed by atoms with Crippen LogP contribution >= 0.6 is 0 Å². The number of para-hydroxylation sites is 3. The lowest BCUT2D eigenvalue weighted by molar-refractivity contribution is -0.183. The molecule has 7 aromatic carbocycles. The maximum atomic E-state index is 14.8. The zero-order valence-corrected chi connectivity index (χ0v) is 73.7. The molecule has 9 fully saturated rings. The zero-order chi connectivity index (χ0) is 86.6. The van der Waals surface area contributed by atoms with Gasteiger partial charge in [-0.25, -0.2) is 4.79 Å². The Kier molecular flexibility index (Phi) is 28.1. The van der Waals surface area contributed by atoms with Crippen molar-refractivity contribution < 1.29 is 63.2 Å². The van der Waals surface area contributed by atoms with Crippen LogP contribution in [0.3, 0.4) is 0 Å². The molecule has 9 aliphatic rings. The van der Waals surface area contributed by atoms with Gasteiger partial charge in [-0.15, -0.1) is 0 Å². The molecule has 2 unspecified atom stereocenters. The molecule has 5 amide bonds. The first-order chi connectivity index (χ1) is 57.8. The van der Waals surface area contributed by atoms with Crippen LogP contribution in [0.4, 0.5) is 21.9 Å². The van der Waals surface area contributed by atoms with Gasteiger partial charge in [0.2, 0.25) is 11.8 Å². The van der Waals surface area contributed by atoms with Crippen LogP contribution in [0.5, 0.6) is 11.5 Å². The summed E-state index contributed by atoms with van der Waals surface area (Å²) < 4.78 is 18.3. The van der Waals surface area contributed by atoms with Gasteiger partial charge in [0.05, 0.1) is 58.6 Å². The molecule has 18 atom stereocenters. The van der Waals surface area contributed by atoms with E-state index < -0.39 is 61.0 Å². The van der Waals surface area contributed by atoms with Gasteiger partial charge in [0.25, 0.3) is 11.8 Å². The normalized spacial score (nSPS) is 26.7. The lowest BCUT2D eigenvalue weighted by Gasteiger charge is -2.62. The first-order valence-electron chi connectivity index (χ1n) is 43.2. The number of nitrogens with zero attached hydrogens (tertiary/aromatic N) is 7. The fourth-order valence-corrected chi connectivity index (χ4v) is 20.9. The van der Waals surface area contributed by atoms with Crippen LogP contribution in [-0.2, 0) is 43.5 Å². The number of hydrogen-bond acceptors (Lipinski definition) is 19. The molecule has 121 heavy (non-hydrogen) atoms. The highest BCUT2D eigenvalue weighted by molar-refractivity contribution is 5.98. The monoisotopic (exact) mass is 1660 g/mol. The van der Waals surface area contributed by atoms with Gasteiger partial charge >= 0.3 is 6.09 Å². The molecule has 3 heterocycles. The standard InChI is InChI=1S/C52H68N6O7.C45H61N5O6/c1-32-43-27-38(52(43,3)4)28-44(32)55-50(61)47-46(33(2)64-51(62)54-39-20-14-11-15-21-39)45(31-59)65-58(47)29-35-19-16-22-42(48(35)63-9)36-24-37(26-41(25-36)57(7)8)49(60)53-40(30-56(5)6)23-34-17-12-10-13-18-34;1-27-36-22-33(45(36,3)4)23-37(27)46-43(53)41-40(28(2)52)39(26-51)56-50(41)24-30-15-12-16-35(42(30)55-8)31-19-32(21-34(20-31)47(5)6)44(54)49-18-17-48(7)38(25-49)29-13-10-9-11-14-29/h10-22,24-26,32-33,38,40,43-47,59H,23,27-31H2,1-9H3,(H,53,60)(H,54,62)(H,55,61);9-16,19-21,27-28,33,36-41,51-52H,17-18,22-26H2,1-8H3,(H,46,53)/t32-,33-,38+,40-,43-,44-,45-,46+,47-;27-,28-,33+,36-,37?,38?,39-,40-,41-/m00/s1. The highest BCUT2D eigenvalue weighted by Gasteiger charge is 2.60. The van der Waals surface area contributed by atoms with E-state index in [1.54, 1.807) is 50.3 Å². The third kappa shape index (κ3) is 19.3. The molecule has 3 saturated heterocycles. The summed E-state index contributed by atoms with van der Waals surface area (Å²) in [6.07, 6.45) is 0.862. The van der Waals surface area contributed by atoms with Crippen molar-refractivity contribution in [3.05, 3.63) is 197 Å². The quantitative estimate of drug-likeness (QED) is 0.0240. The largest absolute Gasteiger partial charge is 0.496 e. The number of methoxy groups -OCH3 is 2. The Balaban J connectivity index is 0.000000211. The molecule has 24 nitrogen and oxygen atoms in total. The fourth-order valence-electron chi connectivity index (χ4n) is 20.9. The van der Waals surface area contributed by atoms with Gasteiger partial charge in [0, 0.05) is 129 Å². The average molecular weight is 1660 g/mol. The molecule has 16 rings (SSSR count). The molecule has 7 aromatic rings. The number of hydrogen-bond donors (Lipinski definition) is 7. The summed E-state index contributed by atoms with van der Waals surface area (Å²) in [6.45, 7) is 19.4. The van der Waals surface area contributed by atoms with E-state index >= 15 is 0 Å². The van der Waals surface area contributed by atoms with Crippen molar-refractivity contribution in [3.63, 3.8) is 0 Å². The summed E-state index contributed by atoms with van der Waals surface area (Å²) in [5.74, 6) is 1.90.